The van der Waals surface area contributed by atoms with Gasteiger partial charge in [0, 0.05) is 12.5 Å². The molecule has 0 saturated carbocycles. The highest BCUT2D eigenvalue weighted by atomic mass is 16.5. The summed E-state index contributed by atoms with van der Waals surface area (Å²) < 4.78 is 5.52. The van der Waals surface area contributed by atoms with Crippen LogP contribution in [0.5, 0.6) is 0 Å². The molecule has 1 aliphatic heterocycles. The van der Waals surface area contributed by atoms with E-state index in [1.807, 2.05) is 0 Å². The minimum atomic E-state index is -0.285. The number of aliphatic hydroxyl groups excluding tert-OH is 1. The van der Waals surface area contributed by atoms with Crippen molar-refractivity contribution >= 4 is 0 Å². The molecule has 0 bridgehead atoms. The van der Waals surface area contributed by atoms with Crippen LogP contribution >= 0.6 is 0 Å². The summed E-state index contributed by atoms with van der Waals surface area (Å²) in [6, 6.07) is 6.30. The predicted octanol–water partition coefficient (Wildman–Crippen LogP) is 2.63. The lowest BCUT2D eigenvalue weighted by Crippen LogP contribution is -2.28. The van der Waals surface area contributed by atoms with E-state index in [2.05, 4.69) is 39.0 Å². The summed E-state index contributed by atoms with van der Waals surface area (Å²) in [5.74, 6) is 0.286. The van der Waals surface area contributed by atoms with Gasteiger partial charge in [0.1, 0.15) is 0 Å². The molecule has 2 heteroatoms. The van der Waals surface area contributed by atoms with Crippen LogP contribution in [0.1, 0.15) is 30.0 Å². The van der Waals surface area contributed by atoms with E-state index in [0.29, 0.717) is 0 Å². The molecule has 1 saturated heterocycles. The topological polar surface area (TPSA) is 29.5 Å². The Morgan fingerprint density at radius 2 is 2.00 bits per heavy atom. The number of ether oxygens (including phenoxy) is 1. The van der Waals surface area contributed by atoms with Gasteiger partial charge in [0.2, 0.25) is 0 Å². The molecule has 0 spiro atoms. The van der Waals surface area contributed by atoms with Gasteiger partial charge in [-0.1, -0.05) is 18.2 Å². The minimum Gasteiger partial charge on any atom is -0.392 e. The number of rotatable bonds is 3. The summed E-state index contributed by atoms with van der Waals surface area (Å²) in [6.07, 6.45) is 1.63. The van der Waals surface area contributed by atoms with Crippen LogP contribution in [0.25, 0.3) is 0 Å². The van der Waals surface area contributed by atoms with Crippen LogP contribution in [0.3, 0.4) is 0 Å². The summed E-state index contributed by atoms with van der Waals surface area (Å²) in [6.45, 7) is 7.08. The average Bonchev–Trinajstić information content (AvgIpc) is 2.70. The monoisotopic (exact) mass is 234 g/mol. The normalized spacial score (nSPS) is 26.1. The Morgan fingerprint density at radius 3 is 2.53 bits per heavy atom. The molecule has 1 N–H and O–H groups in total. The van der Waals surface area contributed by atoms with Crippen molar-refractivity contribution in [3.8, 4) is 0 Å². The second kappa shape index (κ2) is 5.19. The molecule has 3 unspecified atom stereocenters. The highest BCUT2D eigenvalue weighted by Crippen LogP contribution is 2.27. The third kappa shape index (κ3) is 2.70. The van der Waals surface area contributed by atoms with Crippen molar-refractivity contribution in [3.05, 3.63) is 34.9 Å². The van der Waals surface area contributed by atoms with Crippen molar-refractivity contribution in [2.24, 2.45) is 5.92 Å². The maximum atomic E-state index is 10.3. The Balaban J connectivity index is 2.10. The van der Waals surface area contributed by atoms with Gasteiger partial charge in [0.15, 0.2) is 0 Å². The molecule has 1 aliphatic rings. The van der Waals surface area contributed by atoms with Crippen LogP contribution in [-0.2, 0) is 11.2 Å². The number of hydrogen-bond donors (Lipinski definition) is 1. The van der Waals surface area contributed by atoms with Gasteiger partial charge in [-0.3, -0.25) is 0 Å². The number of hydrogen-bond acceptors (Lipinski definition) is 2. The molecule has 0 aromatic heterocycles. The van der Waals surface area contributed by atoms with Gasteiger partial charge < -0.3 is 9.84 Å². The first-order valence-electron chi connectivity index (χ1n) is 6.44. The van der Waals surface area contributed by atoms with Gasteiger partial charge in [-0.05, 0) is 50.3 Å². The summed E-state index contributed by atoms with van der Waals surface area (Å²) in [5, 5.41) is 10.3. The number of aryl methyl sites for hydroxylation is 2. The van der Waals surface area contributed by atoms with Crippen LogP contribution in [-0.4, -0.2) is 23.9 Å². The quantitative estimate of drug-likeness (QED) is 0.871. The SMILES string of the molecule is Cc1cccc(C)c1CC(O)C1CCOC1C. The predicted molar refractivity (Wildman–Crippen MR) is 69.1 cm³/mol. The first-order chi connectivity index (χ1) is 8.09. The molecule has 1 aromatic carbocycles. The first kappa shape index (κ1) is 12.6. The lowest BCUT2D eigenvalue weighted by molar-refractivity contribution is 0.0439. The van der Waals surface area contributed by atoms with E-state index < -0.39 is 0 Å². The Bertz CT molecular complexity index is 366. The lowest BCUT2D eigenvalue weighted by atomic mass is 9.88. The molecular weight excluding hydrogens is 212 g/mol. The zero-order valence-corrected chi connectivity index (χ0v) is 10.9. The van der Waals surface area contributed by atoms with E-state index in [0.717, 1.165) is 19.4 Å². The van der Waals surface area contributed by atoms with E-state index in [4.69, 9.17) is 4.74 Å². The molecule has 2 nitrogen and oxygen atoms in total. The molecule has 0 radical (unpaired) electrons. The first-order valence-corrected chi connectivity index (χ1v) is 6.44. The third-order valence-corrected chi connectivity index (χ3v) is 3.99. The van der Waals surface area contributed by atoms with Crippen molar-refractivity contribution in [2.45, 2.75) is 45.8 Å². The Kier molecular flexibility index (Phi) is 3.85. The van der Waals surface area contributed by atoms with E-state index >= 15 is 0 Å². The van der Waals surface area contributed by atoms with Gasteiger partial charge in [-0.25, -0.2) is 0 Å². The zero-order chi connectivity index (χ0) is 12.4. The van der Waals surface area contributed by atoms with E-state index in [1.54, 1.807) is 0 Å². The maximum absolute atomic E-state index is 10.3. The van der Waals surface area contributed by atoms with Gasteiger partial charge in [-0.15, -0.1) is 0 Å². The van der Waals surface area contributed by atoms with Gasteiger partial charge in [-0.2, -0.15) is 0 Å². The fourth-order valence-corrected chi connectivity index (χ4v) is 2.79. The Labute approximate surface area is 104 Å². The zero-order valence-electron chi connectivity index (χ0n) is 10.9. The van der Waals surface area contributed by atoms with Crippen LogP contribution in [0.2, 0.25) is 0 Å². The van der Waals surface area contributed by atoms with Crippen molar-refractivity contribution in [1.82, 2.24) is 0 Å². The fraction of sp³-hybridized carbons (Fsp3) is 0.600. The van der Waals surface area contributed by atoms with Crippen molar-refractivity contribution < 1.29 is 9.84 Å². The van der Waals surface area contributed by atoms with Gasteiger partial charge >= 0.3 is 0 Å². The second-order valence-corrected chi connectivity index (χ2v) is 5.17. The lowest BCUT2D eigenvalue weighted by Gasteiger charge is -2.22. The molecule has 17 heavy (non-hydrogen) atoms. The third-order valence-electron chi connectivity index (χ3n) is 3.99. The van der Waals surface area contributed by atoms with Gasteiger partial charge in [0.25, 0.3) is 0 Å². The fourth-order valence-electron chi connectivity index (χ4n) is 2.79. The molecular formula is C15H22O2. The average molecular weight is 234 g/mol. The summed E-state index contributed by atoms with van der Waals surface area (Å²) in [4.78, 5) is 0. The van der Waals surface area contributed by atoms with Gasteiger partial charge in [0.05, 0.1) is 12.2 Å². The molecule has 0 aliphatic carbocycles. The molecule has 94 valence electrons. The molecule has 2 rings (SSSR count). The van der Waals surface area contributed by atoms with E-state index in [9.17, 15) is 5.11 Å². The van der Waals surface area contributed by atoms with E-state index in [-0.39, 0.29) is 18.1 Å². The number of benzene rings is 1. The Morgan fingerprint density at radius 1 is 1.35 bits per heavy atom. The van der Waals surface area contributed by atoms with Crippen LogP contribution < -0.4 is 0 Å². The summed E-state index contributed by atoms with van der Waals surface area (Å²) >= 11 is 0. The van der Waals surface area contributed by atoms with Crippen molar-refractivity contribution in [2.75, 3.05) is 6.61 Å². The van der Waals surface area contributed by atoms with Crippen LogP contribution in [0.15, 0.2) is 18.2 Å². The molecule has 1 heterocycles. The standard InChI is InChI=1S/C15H22O2/c1-10-5-4-6-11(2)14(10)9-15(16)13-7-8-17-12(13)3/h4-6,12-13,15-16H,7-9H2,1-3H3. The Hall–Kier alpha value is -0.860. The van der Waals surface area contributed by atoms with Crippen LogP contribution in [0.4, 0.5) is 0 Å². The maximum Gasteiger partial charge on any atom is 0.0634 e. The highest BCUT2D eigenvalue weighted by Gasteiger charge is 2.31. The number of aliphatic hydroxyl groups is 1. The smallest absolute Gasteiger partial charge is 0.0634 e. The van der Waals surface area contributed by atoms with Crippen LogP contribution in [0, 0.1) is 19.8 Å². The molecule has 1 fully saturated rings. The van der Waals surface area contributed by atoms with E-state index in [1.165, 1.54) is 16.7 Å². The van der Waals surface area contributed by atoms with Crippen molar-refractivity contribution in [3.63, 3.8) is 0 Å². The molecule has 0 amide bonds. The largest absolute Gasteiger partial charge is 0.392 e. The molecule has 1 aromatic rings. The summed E-state index contributed by atoms with van der Waals surface area (Å²) in [7, 11) is 0. The minimum absolute atomic E-state index is 0.189. The van der Waals surface area contributed by atoms with Crippen molar-refractivity contribution in [1.29, 1.82) is 0 Å². The second-order valence-electron chi connectivity index (χ2n) is 5.17. The molecule has 3 atom stereocenters. The summed E-state index contributed by atoms with van der Waals surface area (Å²) in [5.41, 5.74) is 3.84. The highest BCUT2D eigenvalue weighted by molar-refractivity contribution is 5.34.